The fourth-order valence-corrected chi connectivity index (χ4v) is 3.31. The number of aromatic nitrogens is 1. The van der Waals surface area contributed by atoms with E-state index in [0.29, 0.717) is 12.1 Å². The van der Waals surface area contributed by atoms with Gasteiger partial charge in [0.2, 0.25) is 5.91 Å². The third-order valence-corrected chi connectivity index (χ3v) is 4.85. The predicted octanol–water partition coefficient (Wildman–Crippen LogP) is 5.78. The highest BCUT2D eigenvalue weighted by molar-refractivity contribution is 5.92. The minimum Gasteiger partial charge on any atom is -0.351 e. The Bertz CT molecular complexity index is 875. The van der Waals surface area contributed by atoms with Crippen LogP contribution < -0.4 is 5.32 Å². The third kappa shape index (κ3) is 5.98. The second kappa shape index (κ2) is 9.45. The lowest BCUT2D eigenvalue weighted by atomic mass is 9.98. The maximum Gasteiger partial charge on any atom is 0.416 e. The zero-order chi connectivity index (χ0) is 20.7. The molecule has 2 heterocycles. The molecule has 1 unspecified atom stereocenters. The summed E-state index contributed by atoms with van der Waals surface area (Å²) in [6.45, 7) is 0.895. The summed E-state index contributed by atoms with van der Waals surface area (Å²) in [5, 5.41) is 2.73. The minimum absolute atomic E-state index is 0.139. The van der Waals surface area contributed by atoms with Crippen LogP contribution in [0.1, 0.15) is 24.1 Å². The summed E-state index contributed by atoms with van der Waals surface area (Å²) in [5.41, 5.74) is 0.792. The fourth-order valence-electron chi connectivity index (χ4n) is 3.31. The molecule has 1 N–H and O–H groups in total. The quantitative estimate of drug-likeness (QED) is 0.581. The van der Waals surface area contributed by atoms with E-state index in [-0.39, 0.29) is 11.8 Å². The molecule has 3 aromatic rings. The highest BCUT2D eigenvalue weighted by atomic mass is 19.4. The first-order valence-corrected chi connectivity index (χ1v) is 9.55. The lowest BCUT2D eigenvalue weighted by Crippen LogP contribution is -2.24. The highest BCUT2D eigenvalue weighted by Crippen LogP contribution is 2.30. The number of carbonyl (C=O) groups is 1. The topological polar surface area (TPSA) is 34.0 Å². The van der Waals surface area contributed by atoms with E-state index in [1.807, 2.05) is 54.7 Å². The first-order chi connectivity index (χ1) is 13.9. The van der Waals surface area contributed by atoms with E-state index in [0.717, 1.165) is 37.2 Å². The smallest absolute Gasteiger partial charge is 0.351 e. The summed E-state index contributed by atoms with van der Waals surface area (Å²) >= 11 is 0. The standard InChI is InChI=1S/C17H17F3N2O.C6H6/c18-17(19,20)13-5-7-14(8-6-13)21-16(23)12-3-1-9-22-10-2-4-15(22)11-12;1-2-4-6-5-3-1/h2,4-8,10,12H,1,3,9,11H2,(H,21,23);1-6H. The number of fused-ring (bicyclic) bond motifs is 1. The van der Waals surface area contributed by atoms with Gasteiger partial charge in [-0.1, -0.05) is 36.4 Å². The SMILES string of the molecule is O=C(Nc1ccc(C(F)(F)F)cc1)C1CCCn2cccc2C1.c1ccccc1. The van der Waals surface area contributed by atoms with Gasteiger partial charge in [-0.2, -0.15) is 13.2 Å². The van der Waals surface area contributed by atoms with Crippen LogP contribution in [-0.2, 0) is 23.9 Å². The van der Waals surface area contributed by atoms with Crippen LogP contribution in [0.25, 0.3) is 0 Å². The van der Waals surface area contributed by atoms with E-state index >= 15 is 0 Å². The van der Waals surface area contributed by atoms with Crippen molar-refractivity contribution in [3.05, 3.63) is 90.3 Å². The molecule has 0 fully saturated rings. The Labute approximate surface area is 168 Å². The molecule has 1 amide bonds. The molecule has 3 nitrogen and oxygen atoms in total. The molecule has 4 rings (SSSR count). The first kappa shape index (κ1) is 20.7. The Kier molecular flexibility index (Phi) is 6.75. The lowest BCUT2D eigenvalue weighted by molar-refractivity contribution is -0.137. The third-order valence-electron chi connectivity index (χ3n) is 4.85. The Morgan fingerprint density at radius 1 is 0.931 bits per heavy atom. The zero-order valence-corrected chi connectivity index (χ0v) is 15.9. The number of halogens is 3. The summed E-state index contributed by atoms with van der Waals surface area (Å²) in [7, 11) is 0. The molecule has 1 aliphatic heterocycles. The van der Waals surface area contributed by atoms with Crippen molar-refractivity contribution < 1.29 is 18.0 Å². The van der Waals surface area contributed by atoms with Crippen LogP contribution in [0.3, 0.4) is 0 Å². The largest absolute Gasteiger partial charge is 0.416 e. The molecular formula is C23H23F3N2O. The van der Waals surface area contributed by atoms with Crippen molar-refractivity contribution in [3.8, 4) is 0 Å². The lowest BCUT2D eigenvalue weighted by Gasteiger charge is -2.15. The van der Waals surface area contributed by atoms with Crippen molar-refractivity contribution in [1.82, 2.24) is 4.57 Å². The van der Waals surface area contributed by atoms with E-state index in [9.17, 15) is 18.0 Å². The Morgan fingerprint density at radius 2 is 1.55 bits per heavy atom. The molecule has 29 heavy (non-hydrogen) atoms. The number of aryl methyl sites for hydroxylation is 1. The number of nitrogens with one attached hydrogen (secondary N) is 1. The van der Waals surface area contributed by atoms with Gasteiger partial charge in [0.15, 0.2) is 0 Å². The molecule has 0 radical (unpaired) electrons. The van der Waals surface area contributed by atoms with Crippen molar-refractivity contribution in [2.45, 2.75) is 32.0 Å². The molecule has 152 valence electrons. The summed E-state index contributed by atoms with van der Waals surface area (Å²) in [6, 6.07) is 20.5. The van der Waals surface area contributed by atoms with E-state index in [1.165, 1.54) is 12.1 Å². The van der Waals surface area contributed by atoms with Gasteiger partial charge in [0.1, 0.15) is 0 Å². The molecule has 0 saturated heterocycles. The number of hydrogen-bond donors (Lipinski definition) is 1. The number of anilines is 1. The monoisotopic (exact) mass is 400 g/mol. The van der Waals surface area contributed by atoms with Gasteiger partial charge in [-0.25, -0.2) is 0 Å². The Hall–Kier alpha value is -3.02. The zero-order valence-electron chi connectivity index (χ0n) is 15.9. The normalized spacial score (nSPS) is 16.0. The predicted molar refractivity (Wildman–Crippen MR) is 107 cm³/mol. The molecular weight excluding hydrogens is 377 g/mol. The van der Waals surface area contributed by atoms with Crippen LogP contribution in [0.2, 0.25) is 0 Å². The maximum atomic E-state index is 12.5. The van der Waals surface area contributed by atoms with E-state index in [2.05, 4.69) is 9.88 Å². The first-order valence-electron chi connectivity index (χ1n) is 9.55. The van der Waals surface area contributed by atoms with Gasteiger partial charge in [0.05, 0.1) is 5.56 Å². The van der Waals surface area contributed by atoms with Gasteiger partial charge in [-0.15, -0.1) is 0 Å². The van der Waals surface area contributed by atoms with E-state index in [1.54, 1.807) is 0 Å². The van der Waals surface area contributed by atoms with E-state index in [4.69, 9.17) is 0 Å². The van der Waals surface area contributed by atoms with Crippen molar-refractivity contribution in [3.63, 3.8) is 0 Å². The van der Waals surface area contributed by atoms with Crippen molar-refractivity contribution >= 4 is 11.6 Å². The van der Waals surface area contributed by atoms with Gasteiger partial charge in [-0.3, -0.25) is 4.79 Å². The average Bonchev–Trinajstić information content (AvgIpc) is 3.06. The Morgan fingerprint density at radius 3 is 2.14 bits per heavy atom. The van der Waals surface area contributed by atoms with Crippen molar-refractivity contribution in [1.29, 1.82) is 0 Å². The van der Waals surface area contributed by atoms with Crippen LogP contribution in [0, 0.1) is 5.92 Å². The van der Waals surface area contributed by atoms with Crippen LogP contribution in [-0.4, -0.2) is 10.5 Å². The molecule has 1 atom stereocenters. The van der Waals surface area contributed by atoms with Crippen LogP contribution in [0.4, 0.5) is 18.9 Å². The number of alkyl halides is 3. The van der Waals surface area contributed by atoms with Gasteiger partial charge in [0, 0.05) is 30.0 Å². The Balaban J connectivity index is 0.000000343. The second-order valence-electron chi connectivity index (χ2n) is 6.96. The summed E-state index contributed by atoms with van der Waals surface area (Å²) in [6.07, 6.45) is -0.0267. The summed E-state index contributed by atoms with van der Waals surface area (Å²) < 4.78 is 39.8. The van der Waals surface area contributed by atoms with Crippen molar-refractivity contribution in [2.75, 3.05) is 5.32 Å². The van der Waals surface area contributed by atoms with Gasteiger partial charge in [0.25, 0.3) is 0 Å². The van der Waals surface area contributed by atoms with Gasteiger partial charge >= 0.3 is 6.18 Å². The molecule has 1 aliphatic rings. The summed E-state index contributed by atoms with van der Waals surface area (Å²) in [4.78, 5) is 12.4. The number of amides is 1. The average molecular weight is 400 g/mol. The minimum atomic E-state index is -4.37. The highest BCUT2D eigenvalue weighted by Gasteiger charge is 2.30. The summed E-state index contributed by atoms with van der Waals surface area (Å²) in [5.74, 6) is -0.298. The van der Waals surface area contributed by atoms with E-state index < -0.39 is 11.7 Å². The van der Waals surface area contributed by atoms with Crippen LogP contribution in [0.15, 0.2) is 79.0 Å². The second-order valence-corrected chi connectivity index (χ2v) is 6.96. The molecule has 6 heteroatoms. The molecule has 0 aliphatic carbocycles. The van der Waals surface area contributed by atoms with Gasteiger partial charge < -0.3 is 9.88 Å². The van der Waals surface area contributed by atoms with Gasteiger partial charge in [-0.05, 0) is 55.7 Å². The number of benzene rings is 2. The molecule has 2 aromatic carbocycles. The maximum absolute atomic E-state index is 12.5. The number of nitrogens with zero attached hydrogens (tertiary/aromatic N) is 1. The molecule has 0 spiro atoms. The molecule has 0 bridgehead atoms. The van der Waals surface area contributed by atoms with Crippen molar-refractivity contribution in [2.24, 2.45) is 5.92 Å². The number of carbonyl (C=O) groups excluding carboxylic acids is 1. The fraction of sp³-hybridized carbons (Fsp3) is 0.261. The molecule has 1 aromatic heterocycles. The number of rotatable bonds is 2. The molecule has 0 saturated carbocycles. The van der Waals surface area contributed by atoms with Crippen LogP contribution >= 0.6 is 0 Å². The van der Waals surface area contributed by atoms with Crippen LogP contribution in [0.5, 0.6) is 0 Å². The number of hydrogen-bond acceptors (Lipinski definition) is 1.